The van der Waals surface area contributed by atoms with Crippen molar-refractivity contribution in [2.45, 2.75) is 27.7 Å². The van der Waals surface area contributed by atoms with E-state index in [2.05, 4.69) is 4.98 Å². The van der Waals surface area contributed by atoms with Crippen molar-refractivity contribution >= 4 is 12.9 Å². The van der Waals surface area contributed by atoms with Crippen LogP contribution in [0.15, 0.2) is 12.1 Å². The van der Waals surface area contributed by atoms with Gasteiger partial charge in [0.25, 0.3) is 0 Å². The summed E-state index contributed by atoms with van der Waals surface area (Å²) in [4.78, 5) is 4.24. The molecule has 0 bridgehead atoms. The Morgan fingerprint density at radius 1 is 1.12 bits per heavy atom. The van der Waals surface area contributed by atoms with Crippen molar-refractivity contribution in [2.24, 2.45) is 0 Å². The zero-order valence-electron chi connectivity index (χ0n) is 10.2. The first-order valence-corrected chi connectivity index (χ1v) is 6.91. The Kier molecular flexibility index (Phi) is 4.66. The van der Waals surface area contributed by atoms with E-state index in [1.807, 2.05) is 13.8 Å². The molecule has 90 valence electrons. The Morgan fingerprint density at radius 3 is 1.94 bits per heavy atom. The number of hydrogen-bond donors (Lipinski definition) is 0. The molecule has 4 nitrogen and oxygen atoms in total. The fourth-order valence-corrected chi connectivity index (χ4v) is 3.24. The van der Waals surface area contributed by atoms with E-state index in [1.54, 1.807) is 26.0 Å². The molecule has 5 heteroatoms. The van der Waals surface area contributed by atoms with Gasteiger partial charge in [0.1, 0.15) is 0 Å². The average Bonchev–Trinajstić information content (AvgIpc) is 2.16. The molecule has 1 heterocycles. The lowest BCUT2D eigenvalue weighted by Gasteiger charge is -2.17. The standard InChI is InChI=1S/C11H18NO3P/c1-5-14-16(13,15-6-2)11-7-9(3)12-10(4)8-11/h7-8H,5-6H2,1-4H3. The maximum absolute atomic E-state index is 12.4. The van der Waals surface area contributed by atoms with Crippen molar-refractivity contribution in [1.82, 2.24) is 4.98 Å². The second-order valence-corrected chi connectivity index (χ2v) is 5.47. The van der Waals surface area contributed by atoms with E-state index in [0.29, 0.717) is 18.5 Å². The molecule has 0 saturated carbocycles. The van der Waals surface area contributed by atoms with Crippen molar-refractivity contribution in [1.29, 1.82) is 0 Å². The first-order valence-electron chi connectivity index (χ1n) is 5.36. The minimum atomic E-state index is -3.17. The normalized spacial score (nSPS) is 11.8. The van der Waals surface area contributed by atoms with E-state index in [0.717, 1.165) is 11.4 Å². The number of rotatable bonds is 5. The Bertz CT molecular complexity index is 376. The van der Waals surface area contributed by atoms with Gasteiger partial charge in [-0.2, -0.15) is 0 Å². The Labute approximate surface area is 96.5 Å². The predicted molar refractivity (Wildman–Crippen MR) is 64.2 cm³/mol. The summed E-state index contributed by atoms with van der Waals surface area (Å²) in [5.41, 5.74) is 1.63. The van der Waals surface area contributed by atoms with Gasteiger partial charge in [0.15, 0.2) is 0 Å². The molecule has 0 radical (unpaired) electrons. The number of nitrogens with zero attached hydrogens (tertiary/aromatic N) is 1. The van der Waals surface area contributed by atoms with Gasteiger partial charge in [0, 0.05) is 11.4 Å². The lowest BCUT2D eigenvalue weighted by Crippen LogP contribution is -2.12. The van der Waals surface area contributed by atoms with Crippen molar-refractivity contribution in [2.75, 3.05) is 13.2 Å². The molecule has 0 aliphatic carbocycles. The molecule has 1 aromatic rings. The Balaban J connectivity index is 3.15. The van der Waals surface area contributed by atoms with Gasteiger partial charge in [-0.1, -0.05) is 0 Å². The van der Waals surface area contributed by atoms with Crippen molar-refractivity contribution in [3.05, 3.63) is 23.5 Å². The highest BCUT2D eigenvalue weighted by molar-refractivity contribution is 7.62. The molecule has 0 unspecified atom stereocenters. The molecule has 1 aromatic heterocycles. The topological polar surface area (TPSA) is 48.4 Å². The van der Waals surface area contributed by atoms with Crippen molar-refractivity contribution in [3.63, 3.8) is 0 Å². The molecule has 0 aliphatic rings. The van der Waals surface area contributed by atoms with Gasteiger partial charge in [0.2, 0.25) is 0 Å². The van der Waals surface area contributed by atoms with Gasteiger partial charge in [-0.15, -0.1) is 0 Å². The molecule has 0 aromatic carbocycles. The summed E-state index contributed by atoms with van der Waals surface area (Å²) in [7, 11) is -3.17. The third kappa shape index (κ3) is 3.14. The molecule has 0 amide bonds. The summed E-state index contributed by atoms with van der Waals surface area (Å²) in [5.74, 6) is 0. The molecule has 0 fully saturated rings. The van der Waals surface area contributed by atoms with E-state index >= 15 is 0 Å². The summed E-state index contributed by atoms with van der Waals surface area (Å²) in [6.07, 6.45) is 0. The summed E-state index contributed by atoms with van der Waals surface area (Å²) in [6, 6.07) is 3.50. The summed E-state index contributed by atoms with van der Waals surface area (Å²) in [5, 5.41) is 0.584. The van der Waals surface area contributed by atoms with Crippen LogP contribution < -0.4 is 5.30 Å². The van der Waals surface area contributed by atoms with Crippen LogP contribution in [-0.2, 0) is 13.6 Å². The smallest absolute Gasteiger partial charge is 0.305 e. The molecular formula is C11H18NO3P. The second kappa shape index (κ2) is 5.58. The van der Waals surface area contributed by atoms with Gasteiger partial charge in [0.05, 0.1) is 18.5 Å². The first-order chi connectivity index (χ1) is 7.51. The largest absolute Gasteiger partial charge is 0.361 e. The van der Waals surface area contributed by atoms with E-state index in [4.69, 9.17) is 9.05 Å². The molecule has 0 spiro atoms. The van der Waals surface area contributed by atoms with Crippen LogP contribution >= 0.6 is 7.60 Å². The van der Waals surface area contributed by atoms with Crippen LogP contribution in [0, 0.1) is 13.8 Å². The molecule has 16 heavy (non-hydrogen) atoms. The zero-order chi connectivity index (χ0) is 12.2. The van der Waals surface area contributed by atoms with Crippen LogP contribution in [-0.4, -0.2) is 18.2 Å². The van der Waals surface area contributed by atoms with Crippen LogP contribution in [0.25, 0.3) is 0 Å². The van der Waals surface area contributed by atoms with Gasteiger partial charge in [-0.25, -0.2) is 0 Å². The molecule has 1 rings (SSSR count). The van der Waals surface area contributed by atoms with E-state index < -0.39 is 7.60 Å². The minimum absolute atomic E-state index is 0.359. The highest BCUT2D eigenvalue weighted by atomic mass is 31.2. The maximum Gasteiger partial charge on any atom is 0.361 e. The summed E-state index contributed by atoms with van der Waals surface area (Å²) in [6.45, 7) is 8.03. The zero-order valence-corrected chi connectivity index (χ0v) is 11.1. The van der Waals surface area contributed by atoms with Crippen LogP contribution in [0.5, 0.6) is 0 Å². The van der Waals surface area contributed by atoms with Crippen LogP contribution in [0.2, 0.25) is 0 Å². The fraction of sp³-hybridized carbons (Fsp3) is 0.545. The minimum Gasteiger partial charge on any atom is -0.305 e. The van der Waals surface area contributed by atoms with Crippen LogP contribution in [0.3, 0.4) is 0 Å². The number of hydrogen-bond acceptors (Lipinski definition) is 4. The molecular weight excluding hydrogens is 225 g/mol. The molecule has 0 atom stereocenters. The number of pyridine rings is 1. The SMILES string of the molecule is CCOP(=O)(OCC)c1cc(C)nc(C)c1. The Hall–Kier alpha value is -0.700. The van der Waals surface area contributed by atoms with Gasteiger partial charge in [-0.3, -0.25) is 9.55 Å². The fourth-order valence-electron chi connectivity index (χ4n) is 1.50. The third-order valence-corrected chi connectivity index (χ3v) is 4.07. The third-order valence-electron chi connectivity index (χ3n) is 1.98. The van der Waals surface area contributed by atoms with Crippen LogP contribution in [0.1, 0.15) is 25.2 Å². The monoisotopic (exact) mass is 243 g/mol. The summed E-state index contributed by atoms with van der Waals surface area (Å²) < 4.78 is 23.0. The lowest BCUT2D eigenvalue weighted by molar-refractivity contribution is 0.230. The molecule has 0 saturated heterocycles. The number of aromatic nitrogens is 1. The van der Waals surface area contributed by atoms with Gasteiger partial charge >= 0.3 is 7.60 Å². The van der Waals surface area contributed by atoms with E-state index in [9.17, 15) is 4.57 Å². The second-order valence-electron chi connectivity index (χ2n) is 3.44. The van der Waals surface area contributed by atoms with Gasteiger partial charge in [-0.05, 0) is 39.8 Å². The highest BCUT2D eigenvalue weighted by Crippen LogP contribution is 2.46. The van der Waals surface area contributed by atoms with Crippen LogP contribution in [0.4, 0.5) is 0 Å². The lowest BCUT2D eigenvalue weighted by atomic mass is 10.3. The average molecular weight is 243 g/mol. The quantitative estimate of drug-likeness (QED) is 0.746. The van der Waals surface area contributed by atoms with E-state index in [1.165, 1.54) is 0 Å². The van der Waals surface area contributed by atoms with Gasteiger partial charge < -0.3 is 9.05 Å². The number of aryl methyl sites for hydroxylation is 2. The first kappa shape index (κ1) is 13.4. The van der Waals surface area contributed by atoms with Crippen molar-refractivity contribution in [3.8, 4) is 0 Å². The van der Waals surface area contributed by atoms with E-state index in [-0.39, 0.29) is 0 Å². The Morgan fingerprint density at radius 2 is 1.56 bits per heavy atom. The predicted octanol–water partition coefficient (Wildman–Crippen LogP) is 2.59. The molecule has 0 N–H and O–H groups in total. The maximum atomic E-state index is 12.4. The summed E-state index contributed by atoms with van der Waals surface area (Å²) >= 11 is 0. The highest BCUT2D eigenvalue weighted by Gasteiger charge is 2.27. The molecule has 0 aliphatic heterocycles. The van der Waals surface area contributed by atoms with Crippen molar-refractivity contribution < 1.29 is 13.6 Å².